The lowest BCUT2D eigenvalue weighted by molar-refractivity contribution is -0.162. The molecule has 0 bridgehead atoms. The van der Waals surface area contributed by atoms with E-state index in [1.165, 1.54) is 17.7 Å². The molecule has 3 aromatic rings. The summed E-state index contributed by atoms with van der Waals surface area (Å²) in [5.74, 6) is -0.633. The molecule has 43 heavy (non-hydrogen) atoms. The van der Waals surface area contributed by atoms with Crippen molar-refractivity contribution in [1.29, 1.82) is 0 Å². The van der Waals surface area contributed by atoms with Crippen LogP contribution in [0.1, 0.15) is 42.4 Å². The number of amides is 3. The van der Waals surface area contributed by atoms with E-state index >= 15 is 0 Å². The van der Waals surface area contributed by atoms with Gasteiger partial charge in [0.1, 0.15) is 24.0 Å². The van der Waals surface area contributed by atoms with Gasteiger partial charge in [-0.2, -0.15) is 0 Å². The second-order valence-corrected chi connectivity index (χ2v) is 11.3. The molecule has 8 nitrogen and oxygen atoms in total. The number of hydrogen-bond acceptors (Lipinski definition) is 5. The molecule has 2 saturated heterocycles. The Balaban J connectivity index is 1.18. The van der Waals surface area contributed by atoms with Crippen molar-refractivity contribution in [2.75, 3.05) is 26.2 Å². The third-order valence-electron chi connectivity index (χ3n) is 8.46. The number of alkyl carbamates (subject to hydrolysis) is 1. The Hall–Kier alpha value is -4.24. The molecule has 0 aliphatic carbocycles. The number of halogens is 1. The second kappa shape index (κ2) is 14.3. The zero-order chi connectivity index (χ0) is 30.1. The van der Waals surface area contributed by atoms with Crippen LogP contribution in [0.15, 0.2) is 84.9 Å². The molecule has 2 fully saturated rings. The van der Waals surface area contributed by atoms with Crippen molar-refractivity contribution in [2.24, 2.45) is 0 Å². The molecule has 3 aromatic carbocycles. The summed E-state index contributed by atoms with van der Waals surface area (Å²) in [6.45, 7) is 3.01. The van der Waals surface area contributed by atoms with Crippen molar-refractivity contribution in [3.63, 3.8) is 0 Å². The first kappa shape index (κ1) is 30.2. The molecule has 3 amide bonds. The van der Waals surface area contributed by atoms with Crippen LogP contribution in [0.2, 0.25) is 0 Å². The monoisotopic (exact) mass is 586 g/mol. The van der Waals surface area contributed by atoms with Crippen LogP contribution in [-0.2, 0) is 33.9 Å². The molecular formula is C34H39FN4O4. The topological polar surface area (TPSA) is 91.0 Å². The molecule has 0 aromatic heterocycles. The zero-order valence-electron chi connectivity index (χ0n) is 24.3. The van der Waals surface area contributed by atoms with Gasteiger partial charge in [0.25, 0.3) is 0 Å². The molecule has 226 valence electrons. The zero-order valence-corrected chi connectivity index (χ0v) is 24.3. The number of piperazine rings is 1. The highest BCUT2D eigenvalue weighted by atomic mass is 19.1. The van der Waals surface area contributed by atoms with Gasteiger partial charge in [0.2, 0.25) is 11.8 Å². The van der Waals surface area contributed by atoms with Gasteiger partial charge in [0.15, 0.2) is 0 Å². The Morgan fingerprint density at radius 3 is 2.23 bits per heavy atom. The largest absolute Gasteiger partial charge is 0.445 e. The third-order valence-corrected chi connectivity index (χ3v) is 8.46. The van der Waals surface area contributed by atoms with Crippen molar-refractivity contribution >= 4 is 17.9 Å². The number of carbonyl (C=O) groups excluding carboxylic acids is 3. The van der Waals surface area contributed by atoms with Crippen LogP contribution in [0.5, 0.6) is 0 Å². The Morgan fingerprint density at radius 1 is 0.907 bits per heavy atom. The number of piperidine rings is 1. The lowest BCUT2D eigenvalue weighted by atomic mass is 9.81. The summed E-state index contributed by atoms with van der Waals surface area (Å²) in [7, 11) is 0. The number of nitrogens with zero attached hydrogens (tertiary/aromatic N) is 2. The summed E-state index contributed by atoms with van der Waals surface area (Å²) in [5.41, 5.74) is 1.99. The number of hydrogen-bond donors (Lipinski definition) is 2. The van der Waals surface area contributed by atoms with Crippen LogP contribution < -0.4 is 10.6 Å². The highest BCUT2D eigenvalue weighted by Gasteiger charge is 2.53. The minimum Gasteiger partial charge on any atom is -0.445 e. The van der Waals surface area contributed by atoms with Gasteiger partial charge in [-0.3, -0.25) is 9.59 Å². The molecule has 2 aliphatic rings. The fourth-order valence-corrected chi connectivity index (χ4v) is 5.92. The molecule has 9 heteroatoms. The smallest absolute Gasteiger partial charge is 0.407 e. The molecule has 0 radical (unpaired) electrons. The summed E-state index contributed by atoms with van der Waals surface area (Å²) >= 11 is 0. The van der Waals surface area contributed by atoms with Crippen LogP contribution >= 0.6 is 0 Å². The van der Waals surface area contributed by atoms with E-state index in [0.717, 1.165) is 24.1 Å². The van der Waals surface area contributed by atoms with E-state index in [2.05, 4.69) is 27.7 Å². The maximum absolute atomic E-state index is 13.9. The summed E-state index contributed by atoms with van der Waals surface area (Å²) in [6, 6.07) is 25.1. The lowest BCUT2D eigenvalue weighted by Gasteiger charge is -2.51. The van der Waals surface area contributed by atoms with E-state index < -0.39 is 17.7 Å². The van der Waals surface area contributed by atoms with Crippen LogP contribution in [0.4, 0.5) is 9.18 Å². The van der Waals surface area contributed by atoms with Crippen molar-refractivity contribution in [2.45, 2.75) is 56.8 Å². The van der Waals surface area contributed by atoms with E-state index in [1.54, 1.807) is 17.0 Å². The second-order valence-electron chi connectivity index (χ2n) is 11.3. The fourth-order valence-electron chi connectivity index (χ4n) is 5.92. The predicted octanol–water partition coefficient (Wildman–Crippen LogP) is 4.44. The minimum atomic E-state index is -0.954. The number of ether oxygens (including phenoxy) is 1. The Labute approximate surface area is 252 Å². The van der Waals surface area contributed by atoms with Crippen molar-refractivity contribution in [3.05, 3.63) is 107 Å². The lowest BCUT2D eigenvalue weighted by Crippen LogP contribution is -2.72. The van der Waals surface area contributed by atoms with Gasteiger partial charge in [-0.25, -0.2) is 9.18 Å². The summed E-state index contributed by atoms with van der Waals surface area (Å²) in [5, 5.41) is 5.73. The standard InChI is InChI=1S/C34H39FN4O4/c35-29-15-13-27(14-16-29)24-39-31(40)30(12-7-20-36-33(42)43-25-28-10-5-2-6-11-28)37-32(41)34(39)18-22-38(23-19-34)21-17-26-8-3-1-4-9-26/h1-6,8-11,13-16,30H,7,12,17-25H2,(H,36,42)(H,37,41)/t30-/m0/s1. The minimum absolute atomic E-state index is 0.142. The van der Waals surface area contributed by atoms with Crippen molar-refractivity contribution in [3.8, 4) is 0 Å². The number of benzene rings is 3. The van der Waals surface area contributed by atoms with Gasteiger partial charge in [-0.05, 0) is 60.9 Å². The van der Waals surface area contributed by atoms with Crippen LogP contribution in [0, 0.1) is 5.82 Å². The summed E-state index contributed by atoms with van der Waals surface area (Å²) in [4.78, 5) is 43.8. The predicted molar refractivity (Wildman–Crippen MR) is 161 cm³/mol. The molecule has 5 rings (SSSR count). The maximum Gasteiger partial charge on any atom is 0.407 e. The quantitative estimate of drug-likeness (QED) is 0.325. The van der Waals surface area contributed by atoms with E-state index in [4.69, 9.17) is 4.74 Å². The van der Waals surface area contributed by atoms with Gasteiger partial charge in [0.05, 0.1) is 0 Å². The Bertz CT molecular complexity index is 1360. The number of carbonyl (C=O) groups is 3. The molecule has 2 heterocycles. The SMILES string of the molecule is O=C(NCCC[C@@H]1NC(=O)C2(CCN(CCc3ccccc3)CC2)N(Cc2ccc(F)cc2)C1=O)OCc1ccccc1. The van der Waals surface area contributed by atoms with Crippen molar-refractivity contribution in [1.82, 2.24) is 20.4 Å². The number of nitrogens with one attached hydrogen (secondary N) is 2. The highest BCUT2D eigenvalue weighted by molar-refractivity contribution is 6.00. The van der Waals surface area contributed by atoms with E-state index in [9.17, 15) is 18.8 Å². The van der Waals surface area contributed by atoms with E-state index in [-0.39, 0.29) is 30.8 Å². The average molecular weight is 587 g/mol. The molecule has 2 aliphatic heterocycles. The van der Waals surface area contributed by atoms with E-state index in [1.807, 2.05) is 48.5 Å². The fraction of sp³-hybridized carbons (Fsp3) is 0.382. The van der Waals surface area contributed by atoms with Crippen LogP contribution in [0.25, 0.3) is 0 Å². The Morgan fingerprint density at radius 2 is 1.56 bits per heavy atom. The van der Waals surface area contributed by atoms with Gasteiger partial charge in [-0.1, -0.05) is 72.8 Å². The summed E-state index contributed by atoms with van der Waals surface area (Å²) < 4.78 is 18.9. The van der Waals surface area contributed by atoms with Gasteiger partial charge in [-0.15, -0.1) is 0 Å². The van der Waals surface area contributed by atoms with Crippen LogP contribution in [-0.4, -0.2) is 65.5 Å². The number of rotatable bonds is 11. The molecule has 1 atom stereocenters. The molecule has 2 N–H and O–H groups in total. The molecule has 0 saturated carbocycles. The average Bonchev–Trinajstić information content (AvgIpc) is 3.04. The normalized spacial score (nSPS) is 18.3. The summed E-state index contributed by atoms with van der Waals surface area (Å²) in [6.07, 6.45) is 2.32. The first-order chi connectivity index (χ1) is 20.9. The van der Waals surface area contributed by atoms with Gasteiger partial charge < -0.3 is 25.2 Å². The molecular weight excluding hydrogens is 547 g/mol. The first-order valence-electron chi connectivity index (χ1n) is 15.0. The van der Waals surface area contributed by atoms with E-state index in [0.29, 0.717) is 45.3 Å². The van der Waals surface area contributed by atoms with Gasteiger partial charge in [0, 0.05) is 32.7 Å². The highest BCUT2D eigenvalue weighted by Crippen LogP contribution is 2.35. The van der Waals surface area contributed by atoms with Gasteiger partial charge >= 0.3 is 6.09 Å². The van der Waals surface area contributed by atoms with Crippen molar-refractivity contribution < 1.29 is 23.5 Å². The number of likely N-dealkylation sites (tertiary alicyclic amines) is 1. The maximum atomic E-state index is 13.9. The first-order valence-corrected chi connectivity index (χ1v) is 15.0. The third kappa shape index (κ3) is 7.78. The Kier molecular flexibility index (Phi) is 10.0. The molecule has 0 unspecified atom stereocenters. The van der Waals surface area contributed by atoms with Crippen LogP contribution in [0.3, 0.4) is 0 Å². The molecule has 1 spiro atoms.